The number of amides is 1. The molecule has 0 radical (unpaired) electrons. The molecule has 25 heavy (non-hydrogen) atoms. The lowest BCUT2D eigenvalue weighted by atomic mass is 9.98. The number of carbonyl (C=O) groups is 1. The molecule has 1 N–H and O–H groups in total. The van der Waals surface area contributed by atoms with Crippen LogP contribution in [-0.4, -0.2) is 11.6 Å². The van der Waals surface area contributed by atoms with Gasteiger partial charge in [-0.2, -0.15) is 5.10 Å². The molecule has 4 rings (SSSR count). The van der Waals surface area contributed by atoms with Crippen molar-refractivity contribution in [1.29, 1.82) is 0 Å². The molecule has 0 bridgehead atoms. The number of aryl methyl sites for hydroxylation is 2. The van der Waals surface area contributed by atoms with Crippen LogP contribution < -0.4 is 5.43 Å². The quantitative estimate of drug-likeness (QED) is 0.502. The minimum Gasteiger partial charge on any atom is -0.267 e. The Balaban J connectivity index is 1.65. The lowest BCUT2D eigenvalue weighted by Gasteiger charge is -2.09. The molecule has 0 saturated heterocycles. The first-order valence-electron chi connectivity index (χ1n) is 8.27. The first-order chi connectivity index (χ1) is 12.1. The Morgan fingerprint density at radius 1 is 1.04 bits per heavy atom. The minimum absolute atomic E-state index is 0.216. The smallest absolute Gasteiger partial charge is 0.267 e. The predicted molar refractivity (Wildman–Crippen MR) is 105 cm³/mol. The number of rotatable bonds is 3. The summed E-state index contributed by atoms with van der Waals surface area (Å²) in [5, 5.41) is 6.90. The third kappa shape index (κ3) is 2.98. The van der Waals surface area contributed by atoms with E-state index in [2.05, 4.69) is 56.8 Å². The number of nitrogens with one attached hydrogen (secondary N) is 1. The maximum atomic E-state index is 12.3. The van der Waals surface area contributed by atoms with E-state index in [1.807, 2.05) is 19.1 Å². The highest BCUT2D eigenvalue weighted by Gasteiger charge is 2.16. The third-order valence-electron chi connectivity index (χ3n) is 4.68. The van der Waals surface area contributed by atoms with Gasteiger partial charge in [-0.15, -0.1) is 0 Å². The molecule has 1 aliphatic rings. The number of benzene rings is 3. The maximum Gasteiger partial charge on any atom is 0.271 e. The zero-order chi connectivity index (χ0) is 17.4. The molecule has 1 aliphatic carbocycles. The van der Waals surface area contributed by atoms with Crippen LogP contribution in [0.3, 0.4) is 0 Å². The lowest BCUT2D eigenvalue weighted by molar-refractivity contribution is 0.0955. The second-order valence-corrected chi connectivity index (χ2v) is 7.18. The van der Waals surface area contributed by atoms with Crippen LogP contribution in [0.15, 0.2) is 64.2 Å². The Kier molecular flexibility index (Phi) is 4.14. The van der Waals surface area contributed by atoms with Gasteiger partial charge in [0.25, 0.3) is 5.91 Å². The van der Waals surface area contributed by atoms with Gasteiger partial charge in [0.2, 0.25) is 0 Å². The van der Waals surface area contributed by atoms with Gasteiger partial charge in [-0.1, -0.05) is 52.3 Å². The fourth-order valence-corrected chi connectivity index (χ4v) is 3.85. The van der Waals surface area contributed by atoms with Crippen molar-refractivity contribution in [3.63, 3.8) is 0 Å². The SMILES string of the molecule is C/C(=N\NC(=O)c1cccc(Br)c1)c1ccc2c3c(cccc13)CC2. The molecule has 0 unspecified atom stereocenters. The Hall–Kier alpha value is -2.46. The number of halogens is 1. The fraction of sp³-hybridized carbons (Fsp3) is 0.143. The molecule has 0 fully saturated rings. The van der Waals surface area contributed by atoms with Gasteiger partial charge < -0.3 is 0 Å². The summed E-state index contributed by atoms with van der Waals surface area (Å²) in [6.45, 7) is 1.93. The van der Waals surface area contributed by atoms with Crippen LogP contribution in [0.2, 0.25) is 0 Å². The average molecular weight is 393 g/mol. The van der Waals surface area contributed by atoms with Gasteiger partial charge in [-0.25, -0.2) is 5.43 Å². The normalized spacial score (nSPS) is 13.3. The highest BCUT2D eigenvalue weighted by molar-refractivity contribution is 9.10. The van der Waals surface area contributed by atoms with E-state index in [1.165, 1.54) is 21.9 Å². The van der Waals surface area contributed by atoms with Crippen molar-refractivity contribution in [3.8, 4) is 0 Å². The van der Waals surface area contributed by atoms with Crippen molar-refractivity contribution in [2.75, 3.05) is 0 Å². The molecule has 0 spiro atoms. The van der Waals surface area contributed by atoms with Gasteiger partial charge >= 0.3 is 0 Å². The number of hydrogen-bond donors (Lipinski definition) is 1. The fourth-order valence-electron chi connectivity index (χ4n) is 3.45. The third-order valence-corrected chi connectivity index (χ3v) is 5.17. The summed E-state index contributed by atoms with van der Waals surface area (Å²) < 4.78 is 0.869. The molecule has 3 aromatic carbocycles. The molecular formula is C21H17BrN2O. The summed E-state index contributed by atoms with van der Waals surface area (Å²) in [6.07, 6.45) is 2.21. The van der Waals surface area contributed by atoms with Gasteiger partial charge in [0.05, 0.1) is 5.71 Å². The summed E-state index contributed by atoms with van der Waals surface area (Å²) in [4.78, 5) is 12.3. The van der Waals surface area contributed by atoms with Crippen molar-refractivity contribution in [2.24, 2.45) is 5.10 Å². The number of carbonyl (C=O) groups excluding carboxylic acids is 1. The monoisotopic (exact) mass is 392 g/mol. The molecule has 0 atom stereocenters. The summed E-state index contributed by atoms with van der Waals surface area (Å²) in [6, 6.07) is 18.0. The zero-order valence-electron chi connectivity index (χ0n) is 13.8. The first-order valence-corrected chi connectivity index (χ1v) is 9.07. The Morgan fingerprint density at radius 3 is 2.60 bits per heavy atom. The van der Waals surface area contributed by atoms with Crippen molar-refractivity contribution < 1.29 is 4.79 Å². The molecule has 0 aromatic heterocycles. The van der Waals surface area contributed by atoms with E-state index in [9.17, 15) is 4.79 Å². The highest BCUT2D eigenvalue weighted by atomic mass is 79.9. The summed E-state index contributed by atoms with van der Waals surface area (Å²) in [5.74, 6) is -0.216. The van der Waals surface area contributed by atoms with Crippen LogP contribution in [0.4, 0.5) is 0 Å². The molecule has 0 saturated carbocycles. The molecule has 4 heteroatoms. The molecular weight excluding hydrogens is 376 g/mol. The molecule has 124 valence electrons. The minimum atomic E-state index is -0.216. The largest absolute Gasteiger partial charge is 0.271 e. The van der Waals surface area contributed by atoms with Crippen molar-refractivity contribution in [3.05, 3.63) is 81.3 Å². The molecule has 0 heterocycles. The second kappa shape index (κ2) is 6.45. The lowest BCUT2D eigenvalue weighted by Crippen LogP contribution is -2.19. The van der Waals surface area contributed by atoms with E-state index in [-0.39, 0.29) is 5.91 Å². The van der Waals surface area contributed by atoms with Gasteiger partial charge in [0.15, 0.2) is 0 Å². The van der Waals surface area contributed by atoms with E-state index in [1.54, 1.807) is 12.1 Å². The zero-order valence-corrected chi connectivity index (χ0v) is 15.4. The number of hydrazone groups is 1. The van der Waals surface area contributed by atoms with Crippen LogP contribution >= 0.6 is 15.9 Å². The van der Waals surface area contributed by atoms with E-state index in [0.717, 1.165) is 28.6 Å². The van der Waals surface area contributed by atoms with Crippen LogP contribution in [0.25, 0.3) is 10.8 Å². The van der Waals surface area contributed by atoms with Crippen molar-refractivity contribution in [2.45, 2.75) is 19.8 Å². The van der Waals surface area contributed by atoms with E-state index in [0.29, 0.717) is 5.56 Å². The summed E-state index contributed by atoms with van der Waals surface area (Å²) in [5.41, 5.74) is 7.91. The first kappa shape index (κ1) is 16.0. The van der Waals surface area contributed by atoms with Gasteiger partial charge in [-0.3, -0.25) is 4.79 Å². The molecule has 3 nitrogen and oxygen atoms in total. The second-order valence-electron chi connectivity index (χ2n) is 6.26. The molecule has 1 amide bonds. The maximum absolute atomic E-state index is 12.3. The standard InChI is InChI=1S/C21H17BrN2O/c1-13(23-24-21(25)16-5-2-6-17(22)12-16)18-11-10-15-9-8-14-4-3-7-19(18)20(14)15/h2-7,10-12H,8-9H2,1H3,(H,24,25)/b23-13+. The van der Waals surface area contributed by atoms with E-state index in [4.69, 9.17) is 0 Å². The average Bonchev–Trinajstić information content (AvgIpc) is 3.05. The number of nitrogens with zero attached hydrogens (tertiary/aromatic N) is 1. The topological polar surface area (TPSA) is 41.5 Å². The Labute approximate surface area is 154 Å². The van der Waals surface area contributed by atoms with Gasteiger partial charge in [0.1, 0.15) is 0 Å². The van der Waals surface area contributed by atoms with Crippen LogP contribution in [0, 0.1) is 0 Å². The van der Waals surface area contributed by atoms with Crippen molar-refractivity contribution in [1.82, 2.24) is 5.43 Å². The Bertz CT molecular complexity index is 1010. The van der Waals surface area contributed by atoms with E-state index >= 15 is 0 Å². The van der Waals surface area contributed by atoms with Crippen LogP contribution in [0.1, 0.15) is 34.0 Å². The Morgan fingerprint density at radius 2 is 1.80 bits per heavy atom. The van der Waals surface area contributed by atoms with Crippen molar-refractivity contribution >= 4 is 38.3 Å². The molecule has 3 aromatic rings. The molecule has 0 aliphatic heterocycles. The van der Waals surface area contributed by atoms with E-state index < -0.39 is 0 Å². The van der Waals surface area contributed by atoms with Gasteiger partial charge in [0, 0.05) is 15.6 Å². The highest BCUT2D eigenvalue weighted by Crippen LogP contribution is 2.32. The van der Waals surface area contributed by atoms with Crippen LogP contribution in [0.5, 0.6) is 0 Å². The predicted octanol–water partition coefficient (Wildman–Crippen LogP) is 4.85. The summed E-state index contributed by atoms with van der Waals surface area (Å²) >= 11 is 3.38. The van der Waals surface area contributed by atoms with Gasteiger partial charge in [-0.05, 0) is 59.9 Å². The summed E-state index contributed by atoms with van der Waals surface area (Å²) in [7, 11) is 0. The number of hydrogen-bond acceptors (Lipinski definition) is 2. The van der Waals surface area contributed by atoms with Crippen LogP contribution in [-0.2, 0) is 12.8 Å².